The van der Waals surface area contributed by atoms with Crippen molar-refractivity contribution in [2.24, 2.45) is 5.92 Å². The van der Waals surface area contributed by atoms with Gasteiger partial charge < -0.3 is 29.0 Å². The Morgan fingerprint density at radius 1 is 1.03 bits per heavy atom. The van der Waals surface area contributed by atoms with Gasteiger partial charge in [0.15, 0.2) is 11.5 Å². The van der Waals surface area contributed by atoms with Crippen molar-refractivity contribution < 1.29 is 28.5 Å². The average molecular weight is 480 g/mol. The Kier molecular flexibility index (Phi) is 7.66. The first-order valence-corrected chi connectivity index (χ1v) is 11.8. The first kappa shape index (κ1) is 24.7. The summed E-state index contributed by atoms with van der Waals surface area (Å²) >= 11 is 0. The molecule has 35 heavy (non-hydrogen) atoms. The second kappa shape index (κ2) is 10.9. The van der Waals surface area contributed by atoms with E-state index in [9.17, 15) is 4.79 Å². The zero-order chi connectivity index (χ0) is 24.8. The molecule has 0 amide bonds. The summed E-state index contributed by atoms with van der Waals surface area (Å²) in [5, 5.41) is 3.35. The maximum Gasteiger partial charge on any atom is 0.323 e. The van der Waals surface area contributed by atoms with Gasteiger partial charge in [-0.15, -0.1) is 0 Å². The zero-order valence-electron chi connectivity index (χ0n) is 20.7. The number of allylic oxidation sites excluding steroid dienone is 2. The number of fused-ring (bicyclic) bond motifs is 1. The number of piperidine rings is 1. The molecule has 7 heteroatoms. The summed E-state index contributed by atoms with van der Waals surface area (Å²) in [5.74, 6) is 2.01. The molecule has 0 saturated carbocycles. The Morgan fingerprint density at radius 2 is 1.83 bits per heavy atom. The molecule has 0 radical (unpaired) electrons. The molecule has 1 heterocycles. The van der Waals surface area contributed by atoms with Crippen LogP contribution >= 0.6 is 0 Å². The van der Waals surface area contributed by atoms with Crippen LogP contribution in [0, 0.1) is 5.92 Å². The lowest BCUT2D eigenvalue weighted by Gasteiger charge is -2.48. The quantitative estimate of drug-likeness (QED) is 0.542. The van der Waals surface area contributed by atoms with E-state index in [1.54, 1.807) is 21.3 Å². The van der Waals surface area contributed by atoms with Crippen LogP contribution in [0.25, 0.3) is 0 Å². The molecule has 1 aliphatic heterocycles. The predicted molar refractivity (Wildman–Crippen MR) is 132 cm³/mol. The molecule has 2 aromatic carbocycles. The average Bonchev–Trinajstić information content (AvgIpc) is 2.91. The highest BCUT2D eigenvalue weighted by atomic mass is 16.5. The van der Waals surface area contributed by atoms with Crippen LogP contribution in [0.1, 0.15) is 24.5 Å². The van der Waals surface area contributed by atoms with Gasteiger partial charge in [-0.2, -0.15) is 0 Å². The molecule has 2 aromatic rings. The predicted octanol–water partition coefficient (Wildman–Crippen LogP) is 4.13. The minimum Gasteiger partial charge on any atom is -0.501 e. The molecule has 1 fully saturated rings. The topological polar surface area (TPSA) is 75.3 Å². The van der Waals surface area contributed by atoms with Crippen LogP contribution < -0.4 is 14.8 Å². The summed E-state index contributed by atoms with van der Waals surface area (Å²) in [6.45, 7) is 3.18. The third-order valence-corrected chi connectivity index (χ3v) is 6.73. The number of esters is 1. The van der Waals surface area contributed by atoms with Crippen molar-refractivity contribution >= 4 is 5.97 Å². The van der Waals surface area contributed by atoms with E-state index in [0.29, 0.717) is 42.8 Å². The smallest absolute Gasteiger partial charge is 0.323 e. The van der Waals surface area contributed by atoms with Crippen LogP contribution in [0.2, 0.25) is 0 Å². The van der Waals surface area contributed by atoms with Gasteiger partial charge in [-0.3, -0.25) is 4.79 Å². The minimum atomic E-state index is -0.570. The molecule has 186 valence electrons. The third kappa shape index (κ3) is 4.86. The second-order valence-electron chi connectivity index (χ2n) is 8.59. The van der Waals surface area contributed by atoms with E-state index in [2.05, 4.69) is 11.4 Å². The van der Waals surface area contributed by atoms with Crippen molar-refractivity contribution in [2.75, 3.05) is 34.5 Å². The van der Waals surface area contributed by atoms with Gasteiger partial charge in [-0.25, -0.2) is 0 Å². The van der Waals surface area contributed by atoms with E-state index in [-0.39, 0.29) is 11.9 Å². The molecule has 2 aliphatic rings. The maximum absolute atomic E-state index is 13.0. The third-order valence-electron chi connectivity index (χ3n) is 6.73. The van der Waals surface area contributed by atoms with Crippen molar-refractivity contribution in [2.45, 2.75) is 31.4 Å². The number of carbonyl (C=O) groups excluding carboxylic acids is 1. The lowest BCUT2D eigenvalue weighted by atomic mass is 9.60. The maximum atomic E-state index is 13.0. The van der Waals surface area contributed by atoms with Crippen LogP contribution in [0.15, 0.2) is 72.2 Å². The number of nitrogens with one attached hydrogen (secondary N) is 1. The number of hydrogen-bond donors (Lipinski definition) is 1. The molecule has 0 unspecified atom stereocenters. The number of carbonyl (C=O) groups is 1. The van der Waals surface area contributed by atoms with Gasteiger partial charge in [-0.05, 0) is 49.2 Å². The van der Waals surface area contributed by atoms with Crippen LogP contribution in [-0.4, -0.2) is 46.5 Å². The van der Waals surface area contributed by atoms with Crippen LogP contribution in [-0.2, 0) is 31.0 Å². The molecule has 1 aliphatic carbocycles. The first-order valence-electron chi connectivity index (χ1n) is 11.8. The Balaban J connectivity index is 1.74. The lowest BCUT2D eigenvalue weighted by molar-refractivity contribution is -0.148. The van der Waals surface area contributed by atoms with Gasteiger partial charge in [0.05, 0.1) is 33.9 Å². The summed E-state index contributed by atoms with van der Waals surface area (Å²) < 4.78 is 28.7. The molecule has 0 bridgehead atoms. The van der Waals surface area contributed by atoms with Crippen LogP contribution in [0.3, 0.4) is 0 Å². The highest BCUT2D eigenvalue weighted by Gasteiger charge is 2.53. The number of benzene rings is 2. The van der Waals surface area contributed by atoms with Crippen molar-refractivity contribution in [1.82, 2.24) is 5.32 Å². The fraction of sp³-hybridized carbons (Fsp3) is 0.393. The zero-order valence-corrected chi connectivity index (χ0v) is 20.7. The number of ether oxygens (including phenoxy) is 5. The fourth-order valence-electron chi connectivity index (χ4n) is 5.08. The standard InChI is InChI=1S/C28H33NO6/c1-5-34-27(30)26-25-24(33-4)16-21(31-2)17-28(25,13-14-29-26)20-11-12-22(23(15-20)32-3)35-18-19-9-7-6-8-10-19/h6-12,15-17,25-26,29H,5,13-14,18H2,1-4H3/t25-,26+,28-/m0/s1. The Morgan fingerprint density at radius 3 is 2.51 bits per heavy atom. The molecule has 4 rings (SSSR count). The summed E-state index contributed by atoms with van der Waals surface area (Å²) in [7, 11) is 4.88. The van der Waals surface area contributed by atoms with Gasteiger partial charge >= 0.3 is 5.97 Å². The molecule has 0 aromatic heterocycles. The Bertz CT molecular complexity index is 1100. The molecule has 7 nitrogen and oxygen atoms in total. The van der Waals surface area contributed by atoms with Crippen molar-refractivity contribution in [3.8, 4) is 11.5 Å². The van der Waals surface area contributed by atoms with E-state index in [0.717, 1.165) is 17.5 Å². The summed E-state index contributed by atoms with van der Waals surface area (Å²) in [5.41, 5.74) is 1.49. The Hall–Kier alpha value is -3.45. The molecular formula is C28H33NO6. The largest absolute Gasteiger partial charge is 0.501 e. The van der Waals surface area contributed by atoms with E-state index in [1.807, 2.05) is 61.5 Å². The Labute approximate surface area is 206 Å². The van der Waals surface area contributed by atoms with E-state index >= 15 is 0 Å². The fourth-order valence-corrected chi connectivity index (χ4v) is 5.08. The number of hydrogen-bond acceptors (Lipinski definition) is 7. The number of rotatable bonds is 9. The summed E-state index contributed by atoms with van der Waals surface area (Å²) in [6, 6.07) is 15.4. The summed E-state index contributed by atoms with van der Waals surface area (Å²) in [6.07, 6.45) is 4.66. The normalized spacial score (nSPS) is 23.3. The van der Waals surface area contributed by atoms with E-state index < -0.39 is 11.5 Å². The molecular weight excluding hydrogens is 446 g/mol. The van der Waals surface area contributed by atoms with Gasteiger partial charge in [0.2, 0.25) is 0 Å². The van der Waals surface area contributed by atoms with Crippen molar-refractivity contribution in [1.29, 1.82) is 0 Å². The highest BCUT2D eigenvalue weighted by molar-refractivity contribution is 5.78. The molecule has 3 atom stereocenters. The molecule has 1 N–H and O–H groups in total. The monoisotopic (exact) mass is 479 g/mol. The van der Waals surface area contributed by atoms with Crippen molar-refractivity contribution in [3.63, 3.8) is 0 Å². The van der Waals surface area contributed by atoms with E-state index in [4.69, 9.17) is 23.7 Å². The second-order valence-corrected chi connectivity index (χ2v) is 8.59. The number of methoxy groups -OCH3 is 3. The highest BCUT2D eigenvalue weighted by Crippen LogP contribution is 2.50. The van der Waals surface area contributed by atoms with Crippen molar-refractivity contribution in [3.05, 3.63) is 83.3 Å². The van der Waals surface area contributed by atoms with E-state index in [1.165, 1.54) is 0 Å². The minimum absolute atomic E-state index is 0.298. The molecule has 0 spiro atoms. The molecule has 1 saturated heterocycles. The SMILES string of the molecule is CCOC(=O)[C@@H]1NCC[C@@]2(c3ccc(OCc4ccccc4)c(OC)c3)C=C(OC)C=C(OC)[C@@H]12. The van der Waals surface area contributed by atoms with Gasteiger partial charge in [0.1, 0.15) is 24.2 Å². The van der Waals surface area contributed by atoms with Gasteiger partial charge in [-0.1, -0.05) is 36.4 Å². The van der Waals surface area contributed by atoms with Gasteiger partial charge in [0, 0.05) is 11.5 Å². The summed E-state index contributed by atoms with van der Waals surface area (Å²) in [4.78, 5) is 13.0. The lowest BCUT2D eigenvalue weighted by Crippen LogP contribution is -2.59. The van der Waals surface area contributed by atoms with Gasteiger partial charge in [0.25, 0.3) is 0 Å². The van der Waals surface area contributed by atoms with Crippen LogP contribution in [0.4, 0.5) is 0 Å². The first-order chi connectivity index (χ1) is 17.1. The van der Waals surface area contributed by atoms with Crippen LogP contribution in [0.5, 0.6) is 11.5 Å².